The average Bonchev–Trinajstić information content (AvgIpc) is 2.57. The number of guanidine groups is 1. The summed E-state index contributed by atoms with van der Waals surface area (Å²) in [7, 11) is 0. The number of nitrogens with one attached hydrogen (secondary N) is 3. The Kier molecular flexibility index (Phi) is 12.1. The van der Waals surface area contributed by atoms with Crippen LogP contribution in [0.15, 0.2) is 29.3 Å². The zero-order valence-corrected chi connectivity index (χ0v) is 19.7. The number of carbonyl (C=O) groups is 1. The van der Waals surface area contributed by atoms with Gasteiger partial charge in [0, 0.05) is 13.1 Å². The molecule has 0 radical (unpaired) electrons. The largest absolute Gasteiger partial charge is 0.489 e. The Morgan fingerprint density at radius 3 is 2.44 bits per heavy atom. The van der Waals surface area contributed by atoms with Crippen LogP contribution in [0.2, 0.25) is 0 Å². The van der Waals surface area contributed by atoms with Crippen LogP contribution in [0.3, 0.4) is 0 Å². The second-order valence-electron chi connectivity index (χ2n) is 7.06. The number of hydrogen-bond acceptors (Lipinski definition) is 3. The molecule has 3 N–H and O–H groups in total. The summed E-state index contributed by atoms with van der Waals surface area (Å²) in [4.78, 5) is 16.7. The van der Waals surface area contributed by atoms with E-state index in [4.69, 9.17) is 4.74 Å². The standard InChI is InChI=1S/C20H34N4O2.HI/c1-7-21-18(25)20(5,6)14-24-19(22-8-2)23-13-16(4)26-17-11-9-10-15(3)12-17;/h9-12,16H,7-8,13-14H2,1-6H3,(H,21,25)(H2,22,23,24);1H. The van der Waals surface area contributed by atoms with Crippen LogP contribution in [0.5, 0.6) is 5.75 Å². The molecule has 0 saturated heterocycles. The third kappa shape index (κ3) is 9.83. The molecule has 0 fully saturated rings. The van der Waals surface area contributed by atoms with Crippen LogP contribution in [0.25, 0.3) is 0 Å². The fourth-order valence-corrected chi connectivity index (χ4v) is 2.29. The molecule has 0 aliphatic heterocycles. The van der Waals surface area contributed by atoms with E-state index in [9.17, 15) is 4.79 Å². The molecule has 0 bridgehead atoms. The Balaban J connectivity index is 0.00000676. The lowest BCUT2D eigenvalue weighted by Crippen LogP contribution is -2.44. The highest BCUT2D eigenvalue weighted by Gasteiger charge is 2.26. The van der Waals surface area contributed by atoms with Crippen molar-refractivity contribution in [1.82, 2.24) is 16.0 Å². The summed E-state index contributed by atoms with van der Waals surface area (Å²) >= 11 is 0. The van der Waals surface area contributed by atoms with Crippen LogP contribution in [0.4, 0.5) is 0 Å². The Morgan fingerprint density at radius 1 is 1.19 bits per heavy atom. The van der Waals surface area contributed by atoms with Crippen molar-refractivity contribution in [3.8, 4) is 5.75 Å². The van der Waals surface area contributed by atoms with E-state index >= 15 is 0 Å². The van der Waals surface area contributed by atoms with Gasteiger partial charge in [-0.3, -0.25) is 9.79 Å². The number of ether oxygens (including phenoxy) is 1. The summed E-state index contributed by atoms with van der Waals surface area (Å²) in [6, 6.07) is 8.00. The van der Waals surface area contributed by atoms with Crippen LogP contribution in [-0.2, 0) is 4.79 Å². The van der Waals surface area contributed by atoms with Crippen LogP contribution in [0.1, 0.15) is 40.2 Å². The van der Waals surface area contributed by atoms with Crippen molar-refractivity contribution >= 4 is 35.8 Å². The van der Waals surface area contributed by atoms with Crippen molar-refractivity contribution < 1.29 is 9.53 Å². The van der Waals surface area contributed by atoms with Crippen molar-refractivity contribution in [3.63, 3.8) is 0 Å². The zero-order chi connectivity index (χ0) is 19.6. The van der Waals surface area contributed by atoms with Crippen molar-refractivity contribution in [2.24, 2.45) is 10.4 Å². The van der Waals surface area contributed by atoms with Gasteiger partial charge in [0.25, 0.3) is 0 Å². The molecular formula is C20H35IN4O2. The summed E-state index contributed by atoms with van der Waals surface area (Å²) in [5.41, 5.74) is 0.618. The van der Waals surface area contributed by atoms with Gasteiger partial charge in [0.15, 0.2) is 5.96 Å². The molecule has 0 aliphatic rings. The van der Waals surface area contributed by atoms with E-state index < -0.39 is 5.41 Å². The first kappa shape index (κ1) is 25.5. The molecule has 1 rings (SSSR count). The van der Waals surface area contributed by atoms with Crippen molar-refractivity contribution in [2.75, 3.05) is 26.2 Å². The van der Waals surface area contributed by atoms with E-state index in [1.165, 1.54) is 5.56 Å². The highest BCUT2D eigenvalue weighted by atomic mass is 127. The molecule has 0 heterocycles. The third-order valence-corrected chi connectivity index (χ3v) is 3.81. The van der Waals surface area contributed by atoms with Crippen LogP contribution in [-0.4, -0.2) is 44.1 Å². The highest BCUT2D eigenvalue weighted by Crippen LogP contribution is 2.16. The minimum atomic E-state index is -0.554. The molecule has 27 heavy (non-hydrogen) atoms. The topological polar surface area (TPSA) is 74.8 Å². The van der Waals surface area contributed by atoms with E-state index in [0.717, 1.165) is 12.3 Å². The van der Waals surface area contributed by atoms with E-state index in [0.29, 0.717) is 25.6 Å². The number of rotatable bonds is 9. The molecule has 1 atom stereocenters. The summed E-state index contributed by atoms with van der Waals surface area (Å²) in [6.07, 6.45) is -0.0166. The number of benzene rings is 1. The van der Waals surface area contributed by atoms with Gasteiger partial charge in [-0.2, -0.15) is 0 Å². The molecule has 0 aliphatic carbocycles. The molecule has 1 aromatic rings. The Bertz CT molecular complexity index is 605. The normalized spacial score (nSPS) is 12.6. The van der Waals surface area contributed by atoms with Crippen molar-refractivity contribution in [2.45, 2.75) is 47.6 Å². The van der Waals surface area contributed by atoms with Crippen LogP contribution < -0.4 is 20.7 Å². The fourth-order valence-electron chi connectivity index (χ4n) is 2.29. The number of halogens is 1. The Hall–Kier alpha value is -1.51. The lowest BCUT2D eigenvalue weighted by atomic mass is 9.92. The summed E-state index contributed by atoms with van der Waals surface area (Å²) in [5.74, 6) is 1.55. The minimum absolute atomic E-state index is 0. The number of nitrogens with zero attached hydrogens (tertiary/aromatic N) is 1. The maximum absolute atomic E-state index is 12.1. The predicted molar refractivity (Wildman–Crippen MR) is 123 cm³/mol. The number of aryl methyl sites for hydroxylation is 1. The van der Waals surface area contributed by atoms with Crippen LogP contribution in [0, 0.1) is 12.3 Å². The SMILES string of the molecule is CCNC(=O)C(C)(C)CN=C(NCC)NCC(C)Oc1cccc(C)c1.I. The lowest BCUT2D eigenvalue weighted by molar-refractivity contribution is -0.128. The fraction of sp³-hybridized carbons (Fsp3) is 0.600. The van der Waals surface area contributed by atoms with Gasteiger partial charge >= 0.3 is 0 Å². The molecule has 0 aromatic heterocycles. The molecule has 154 valence electrons. The second kappa shape index (κ2) is 12.8. The van der Waals surface area contributed by atoms with Gasteiger partial charge in [-0.25, -0.2) is 0 Å². The summed E-state index contributed by atoms with van der Waals surface area (Å²) in [5, 5.41) is 9.34. The van der Waals surface area contributed by atoms with E-state index in [1.807, 2.05) is 65.8 Å². The first-order chi connectivity index (χ1) is 12.3. The molecule has 1 unspecified atom stereocenters. The monoisotopic (exact) mass is 490 g/mol. The molecule has 1 amide bonds. The first-order valence-corrected chi connectivity index (χ1v) is 9.32. The molecule has 0 spiro atoms. The number of carbonyl (C=O) groups excluding carboxylic acids is 1. The van der Waals surface area contributed by atoms with Gasteiger partial charge in [-0.05, 0) is 59.2 Å². The molecule has 7 heteroatoms. The molecule has 6 nitrogen and oxygen atoms in total. The van der Waals surface area contributed by atoms with Crippen molar-refractivity contribution in [1.29, 1.82) is 0 Å². The van der Waals surface area contributed by atoms with Gasteiger partial charge in [0.05, 0.1) is 18.5 Å². The molecular weight excluding hydrogens is 455 g/mol. The van der Waals surface area contributed by atoms with E-state index in [2.05, 4.69) is 20.9 Å². The summed E-state index contributed by atoms with van der Waals surface area (Å²) in [6.45, 7) is 14.2. The lowest BCUT2D eigenvalue weighted by Gasteiger charge is -2.22. The average molecular weight is 490 g/mol. The number of hydrogen-bond donors (Lipinski definition) is 3. The minimum Gasteiger partial charge on any atom is -0.489 e. The van der Waals surface area contributed by atoms with E-state index in [-0.39, 0.29) is 36.0 Å². The maximum atomic E-state index is 12.1. The highest BCUT2D eigenvalue weighted by molar-refractivity contribution is 14.0. The summed E-state index contributed by atoms with van der Waals surface area (Å²) < 4.78 is 5.93. The quantitative estimate of drug-likeness (QED) is 0.283. The van der Waals surface area contributed by atoms with Gasteiger partial charge in [0.1, 0.15) is 11.9 Å². The van der Waals surface area contributed by atoms with Gasteiger partial charge in [-0.1, -0.05) is 12.1 Å². The van der Waals surface area contributed by atoms with Crippen LogP contribution >= 0.6 is 24.0 Å². The van der Waals surface area contributed by atoms with Gasteiger partial charge in [0.2, 0.25) is 5.91 Å². The smallest absolute Gasteiger partial charge is 0.227 e. The third-order valence-electron chi connectivity index (χ3n) is 3.81. The molecule has 1 aromatic carbocycles. The Labute approximate surface area is 181 Å². The zero-order valence-electron chi connectivity index (χ0n) is 17.4. The van der Waals surface area contributed by atoms with E-state index in [1.54, 1.807) is 0 Å². The second-order valence-corrected chi connectivity index (χ2v) is 7.06. The van der Waals surface area contributed by atoms with Gasteiger partial charge in [-0.15, -0.1) is 24.0 Å². The first-order valence-electron chi connectivity index (χ1n) is 9.32. The number of aliphatic imine (C=N–C) groups is 1. The van der Waals surface area contributed by atoms with Gasteiger partial charge < -0.3 is 20.7 Å². The van der Waals surface area contributed by atoms with Crippen molar-refractivity contribution in [3.05, 3.63) is 29.8 Å². The maximum Gasteiger partial charge on any atom is 0.227 e. The predicted octanol–water partition coefficient (Wildman–Crippen LogP) is 3.10. The Morgan fingerprint density at radius 2 is 1.85 bits per heavy atom. The molecule has 0 saturated carbocycles. The number of amides is 1.